The summed E-state index contributed by atoms with van der Waals surface area (Å²) < 4.78 is 5.69. The van der Waals surface area contributed by atoms with E-state index >= 15 is 0 Å². The maximum absolute atomic E-state index is 12.5. The van der Waals surface area contributed by atoms with Gasteiger partial charge in [0.25, 0.3) is 0 Å². The molecule has 1 N–H and O–H groups in total. The maximum Gasteiger partial charge on any atom is 0.226 e. The van der Waals surface area contributed by atoms with E-state index in [1.807, 2.05) is 43.0 Å². The first-order valence-corrected chi connectivity index (χ1v) is 8.62. The standard InChI is InChI=1S/C19H29NO3/c1-4-19(14-21)8-10-20(11-9-19)18(22)13-16-6-5-7-17(12-16)23-15(2)3/h5-7,12,15,21H,4,8-11,13-14H2,1-3H3. The number of hydrogen-bond acceptors (Lipinski definition) is 3. The molecule has 128 valence electrons. The third-order valence-electron chi connectivity index (χ3n) is 4.89. The maximum atomic E-state index is 12.5. The highest BCUT2D eigenvalue weighted by Gasteiger charge is 2.33. The molecule has 4 nitrogen and oxygen atoms in total. The summed E-state index contributed by atoms with van der Waals surface area (Å²) in [5, 5.41) is 9.59. The molecule has 1 aromatic carbocycles. The van der Waals surface area contributed by atoms with Crippen molar-refractivity contribution in [3.05, 3.63) is 29.8 Å². The van der Waals surface area contributed by atoms with Crippen molar-refractivity contribution in [1.82, 2.24) is 4.90 Å². The number of carbonyl (C=O) groups is 1. The Morgan fingerprint density at radius 1 is 1.35 bits per heavy atom. The van der Waals surface area contributed by atoms with E-state index in [0.717, 1.165) is 43.7 Å². The molecule has 1 aromatic rings. The van der Waals surface area contributed by atoms with E-state index in [1.54, 1.807) is 0 Å². The quantitative estimate of drug-likeness (QED) is 0.877. The molecule has 0 spiro atoms. The van der Waals surface area contributed by atoms with Crippen LogP contribution in [0.15, 0.2) is 24.3 Å². The largest absolute Gasteiger partial charge is 0.491 e. The van der Waals surface area contributed by atoms with Crippen molar-refractivity contribution in [2.75, 3.05) is 19.7 Å². The van der Waals surface area contributed by atoms with Crippen molar-refractivity contribution < 1.29 is 14.6 Å². The van der Waals surface area contributed by atoms with Gasteiger partial charge in [-0.3, -0.25) is 4.79 Å². The predicted molar refractivity (Wildman–Crippen MR) is 91.5 cm³/mol. The Hall–Kier alpha value is -1.55. The molecule has 1 heterocycles. The smallest absolute Gasteiger partial charge is 0.226 e. The van der Waals surface area contributed by atoms with Gasteiger partial charge in [-0.1, -0.05) is 19.1 Å². The predicted octanol–water partition coefficient (Wildman–Crippen LogP) is 3.03. The summed E-state index contributed by atoms with van der Waals surface area (Å²) in [4.78, 5) is 14.4. The number of ether oxygens (including phenoxy) is 1. The summed E-state index contributed by atoms with van der Waals surface area (Å²) >= 11 is 0. The van der Waals surface area contributed by atoms with Crippen LogP contribution in [0.5, 0.6) is 5.75 Å². The minimum Gasteiger partial charge on any atom is -0.491 e. The number of benzene rings is 1. The molecule has 23 heavy (non-hydrogen) atoms. The van der Waals surface area contributed by atoms with Crippen LogP contribution in [0.3, 0.4) is 0 Å². The molecule has 1 amide bonds. The third-order valence-corrected chi connectivity index (χ3v) is 4.89. The van der Waals surface area contributed by atoms with Crippen LogP contribution in [-0.2, 0) is 11.2 Å². The van der Waals surface area contributed by atoms with Gasteiger partial charge < -0.3 is 14.7 Å². The lowest BCUT2D eigenvalue weighted by Crippen LogP contribution is -2.44. The van der Waals surface area contributed by atoms with Gasteiger partial charge in [-0.05, 0) is 56.2 Å². The normalized spacial score (nSPS) is 17.3. The summed E-state index contributed by atoms with van der Waals surface area (Å²) in [6, 6.07) is 7.78. The molecular formula is C19H29NO3. The van der Waals surface area contributed by atoms with Crippen LogP contribution in [0.2, 0.25) is 0 Å². The summed E-state index contributed by atoms with van der Waals surface area (Å²) in [5.41, 5.74) is 1.00. The average molecular weight is 319 g/mol. The zero-order valence-electron chi connectivity index (χ0n) is 14.5. The highest BCUT2D eigenvalue weighted by molar-refractivity contribution is 5.79. The molecule has 0 aliphatic carbocycles. The van der Waals surface area contributed by atoms with Gasteiger partial charge in [0.2, 0.25) is 5.91 Å². The van der Waals surface area contributed by atoms with Crippen molar-refractivity contribution in [3.63, 3.8) is 0 Å². The Labute approximate surface area is 139 Å². The fraction of sp³-hybridized carbons (Fsp3) is 0.632. The van der Waals surface area contributed by atoms with E-state index in [-0.39, 0.29) is 24.0 Å². The monoisotopic (exact) mass is 319 g/mol. The van der Waals surface area contributed by atoms with E-state index in [9.17, 15) is 9.90 Å². The minimum atomic E-state index is 0.0157. The number of hydrogen-bond donors (Lipinski definition) is 1. The number of nitrogens with zero attached hydrogens (tertiary/aromatic N) is 1. The molecule has 0 saturated carbocycles. The van der Waals surface area contributed by atoms with E-state index in [4.69, 9.17) is 4.74 Å². The second-order valence-corrected chi connectivity index (χ2v) is 6.88. The van der Waals surface area contributed by atoms with Crippen LogP contribution >= 0.6 is 0 Å². The molecule has 1 aliphatic rings. The third kappa shape index (κ3) is 4.71. The molecule has 0 unspecified atom stereocenters. The lowest BCUT2D eigenvalue weighted by molar-refractivity contribution is -0.133. The Balaban J connectivity index is 1.93. The highest BCUT2D eigenvalue weighted by atomic mass is 16.5. The molecular weight excluding hydrogens is 290 g/mol. The summed E-state index contributed by atoms with van der Waals surface area (Å²) in [6.45, 7) is 7.82. The number of amides is 1. The summed E-state index contributed by atoms with van der Waals surface area (Å²) in [6.07, 6.45) is 3.29. The van der Waals surface area contributed by atoms with Gasteiger partial charge in [0, 0.05) is 19.7 Å². The van der Waals surface area contributed by atoms with Gasteiger partial charge in [-0.25, -0.2) is 0 Å². The van der Waals surface area contributed by atoms with Crippen molar-refractivity contribution in [2.24, 2.45) is 5.41 Å². The van der Waals surface area contributed by atoms with Crippen LogP contribution in [0, 0.1) is 5.41 Å². The van der Waals surface area contributed by atoms with Gasteiger partial charge in [-0.15, -0.1) is 0 Å². The Morgan fingerprint density at radius 3 is 2.61 bits per heavy atom. The average Bonchev–Trinajstić information content (AvgIpc) is 2.54. The SMILES string of the molecule is CCC1(CO)CCN(C(=O)Cc2cccc(OC(C)C)c2)CC1. The first kappa shape index (κ1) is 17.8. The van der Waals surface area contributed by atoms with Crippen LogP contribution < -0.4 is 4.74 Å². The fourth-order valence-corrected chi connectivity index (χ4v) is 3.14. The first-order valence-electron chi connectivity index (χ1n) is 8.62. The second-order valence-electron chi connectivity index (χ2n) is 6.88. The molecule has 1 fully saturated rings. The topological polar surface area (TPSA) is 49.8 Å². The van der Waals surface area contributed by atoms with Crippen molar-refractivity contribution in [1.29, 1.82) is 0 Å². The number of likely N-dealkylation sites (tertiary alicyclic amines) is 1. The van der Waals surface area contributed by atoms with Gasteiger partial charge in [0.1, 0.15) is 5.75 Å². The number of aliphatic hydroxyl groups is 1. The second kappa shape index (κ2) is 7.82. The van der Waals surface area contributed by atoms with Crippen molar-refractivity contribution >= 4 is 5.91 Å². The molecule has 0 radical (unpaired) electrons. The lowest BCUT2D eigenvalue weighted by Gasteiger charge is -2.40. The number of piperidine rings is 1. The van der Waals surface area contributed by atoms with Crippen LogP contribution in [0.4, 0.5) is 0 Å². The lowest BCUT2D eigenvalue weighted by atomic mass is 9.77. The fourth-order valence-electron chi connectivity index (χ4n) is 3.14. The minimum absolute atomic E-state index is 0.0157. The van der Waals surface area contributed by atoms with E-state index in [1.165, 1.54) is 0 Å². The molecule has 0 atom stereocenters. The zero-order valence-corrected chi connectivity index (χ0v) is 14.5. The number of aliphatic hydroxyl groups excluding tert-OH is 1. The molecule has 4 heteroatoms. The van der Waals surface area contributed by atoms with Crippen LogP contribution in [0.1, 0.15) is 45.6 Å². The zero-order chi connectivity index (χ0) is 16.9. The van der Waals surface area contributed by atoms with Crippen molar-refractivity contribution in [2.45, 2.75) is 52.6 Å². The number of carbonyl (C=O) groups excluding carboxylic acids is 1. The van der Waals surface area contributed by atoms with Crippen LogP contribution in [0.25, 0.3) is 0 Å². The Kier molecular flexibility index (Phi) is 6.05. The van der Waals surface area contributed by atoms with E-state index in [0.29, 0.717) is 6.42 Å². The van der Waals surface area contributed by atoms with Crippen molar-refractivity contribution in [3.8, 4) is 5.75 Å². The van der Waals surface area contributed by atoms with Gasteiger partial charge in [0.05, 0.1) is 12.5 Å². The molecule has 0 aromatic heterocycles. The van der Waals surface area contributed by atoms with E-state index in [2.05, 4.69) is 6.92 Å². The molecule has 0 bridgehead atoms. The first-order chi connectivity index (χ1) is 11.0. The number of rotatable bonds is 6. The van der Waals surface area contributed by atoms with Gasteiger partial charge >= 0.3 is 0 Å². The molecule has 1 saturated heterocycles. The van der Waals surface area contributed by atoms with Gasteiger partial charge in [0.15, 0.2) is 0 Å². The summed E-state index contributed by atoms with van der Waals surface area (Å²) in [7, 11) is 0. The van der Waals surface area contributed by atoms with Crippen LogP contribution in [-0.4, -0.2) is 41.7 Å². The van der Waals surface area contributed by atoms with Gasteiger partial charge in [-0.2, -0.15) is 0 Å². The summed E-state index contributed by atoms with van der Waals surface area (Å²) in [5.74, 6) is 0.976. The van der Waals surface area contributed by atoms with E-state index < -0.39 is 0 Å². The Morgan fingerprint density at radius 2 is 2.04 bits per heavy atom. The molecule has 2 rings (SSSR count). The highest BCUT2D eigenvalue weighted by Crippen LogP contribution is 2.34. The molecule has 1 aliphatic heterocycles. The Bertz CT molecular complexity index is 513.